The molecule has 4 rings (SSSR count). The van der Waals surface area contributed by atoms with Crippen LogP contribution in [0.25, 0.3) is 0 Å². The summed E-state index contributed by atoms with van der Waals surface area (Å²) in [5, 5.41) is 21.7. The normalized spacial score (nSPS) is 18.1. The number of nitrogens with zero attached hydrogens (tertiary/aromatic N) is 5. The van der Waals surface area contributed by atoms with E-state index in [0.29, 0.717) is 37.0 Å². The Morgan fingerprint density at radius 1 is 1.32 bits per heavy atom. The van der Waals surface area contributed by atoms with Crippen LogP contribution in [-0.4, -0.2) is 47.3 Å². The van der Waals surface area contributed by atoms with Gasteiger partial charge in [-0.3, -0.25) is 4.90 Å². The maximum Gasteiger partial charge on any atom is 0.213 e. The summed E-state index contributed by atoms with van der Waals surface area (Å²) in [6.45, 7) is 5.55. The van der Waals surface area contributed by atoms with Crippen molar-refractivity contribution in [3.05, 3.63) is 45.2 Å². The average Bonchev–Trinajstić information content (AvgIpc) is 3.27. The van der Waals surface area contributed by atoms with E-state index in [0.717, 1.165) is 48.4 Å². The topological polar surface area (TPSA) is 107 Å². The number of halogens is 1. The molecule has 9 heteroatoms. The SMILES string of the molecule is Cc1nc(O[C@H]2CCOC2)ccc1CN1CCc2c(NCC#N)nc(Cl)c(C#N)c2C1. The van der Waals surface area contributed by atoms with E-state index in [9.17, 15) is 5.26 Å². The molecular formula is C22H23ClN6O2. The second-order valence-electron chi connectivity index (χ2n) is 7.66. The highest BCUT2D eigenvalue weighted by Crippen LogP contribution is 2.32. The zero-order valence-electron chi connectivity index (χ0n) is 17.3. The Labute approximate surface area is 186 Å². The van der Waals surface area contributed by atoms with Crippen molar-refractivity contribution in [3.63, 3.8) is 0 Å². The van der Waals surface area contributed by atoms with E-state index >= 15 is 0 Å². The number of aromatic nitrogens is 2. The van der Waals surface area contributed by atoms with Gasteiger partial charge in [0, 0.05) is 43.4 Å². The van der Waals surface area contributed by atoms with E-state index in [4.69, 9.17) is 26.3 Å². The van der Waals surface area contributed by atoms with Gasteiger partial charge in [-0.05, 0) is 24.5 Å². The fraction of sp³-hybridized carbons (Fsp3) is 0.455. The molecule has 2 aromatic rings. The molecule has 2 aromatic heterocycles. The number of hydrogen-bond donors (Lipinski definition) is 1. The minimum Gasteiger partial charge on any atom is -0.472 e. The van der Waals surface area contributed by atoms with Gasteiger partial charge in [0.2, 0.25) is 5.88 Å². The third-order valence-electron chi connectivity index (χ3n) is 5.61. The molecule has 0 saturated carbocycles. The Hall–Kier alpha value is -2.91. The monoisotopic (exact) mass is 438 g/mol. The summed E-state index contributed by atoms with van der Waals surface area (Å²) < 4.78 is 11.3. The largest absolute Gasteiger partial charge is 0.472 e. The van der Waals surface area contributed by atoms with Crippen LogP contribution in [0.3, 0.4) is 0 Å². The lowest BCUT2D eigenvalue weighted by Crippen LogP contribution is -2.32. The van der Waals surface area contributed by atoms with Crippen LogP contribution < -0.4 is 10.1 Å². The first-order chi connectivity index (χ1) is 15.1. The van der Waals surface area contributed by atoms with Gasteiger partial charge in [-0.15, -0.1) is 0 Å². The number of ether oxygens (including phenoxy) is 2. The number of fused-ring (bicyclic) bond motifs is 1. The molecule has 1 fully saturated rings. The van der Waals surface area contributed by atoms with Gasteiger partial charge in [-0.2, -0.15) is 10.5 Å². The minimum atomic E-state index is 0.0722. The minimum absolute atomic E-state index is 0.0722. The van der Waals surface area contributed by atoms with Crippen molar-refractivity contribution in [3.8, 4) is 18.0 Å². The summed E-state index contributed by atoms with van der Waals surface area (Å²) in [5.41, 5.74) is 4.28. The van der Waals surface area contributed by atoms with Gasteiger partial charge in [-0.25, -0.2) is 9.97 Å². The Kier molecular flexibility index (Phi) is 6.53. The van der Waals surface area contributed by atoms with Crippen LogP contribution in [0, 0.1) is 29.6 Å². The lowest BCUT2D eigenvalue weighted by Gasteiger charge is -2.31. The molecule has 0 bridgehead atoms. The number of nitriles is 2. The van der Waals surface area contributed by atoms with E-state index in [2.05, 4.69) is 32.3 Å². The lowest BCUT2D eigenvalue weighted by atomic mass is 9.96. The number of pyridine rings is 2. The molecule has 1 atom stereocenters. The van der Waals surface area contributed by atoms with E-state index in [1.807, 2.05) is 19.1 Å². The molecule has 0 aliphatic carbocycles. The predicted molar refractivity (Wildman–Crippen MR) is 115 cm³/mol. The van der Waals surface area contributed by atoms with Crippen LogP contribution >= 0.6 is 11.6 Å². The van der Waals surface area contributed by atoms with E-state index in [1.165, 1.54) is 0 Å². The first-order valence-electron chi connectivity index (χ1n) is 10.2. The van der Waals surface area contributed by atoms with Gasteiger partial charge < -0.3 is 14.8 Å². The van der Waals surface area contributed by atoms with E-state index in [-0.39, 0.29) is 17.8 Å². The molecule has 0 aromatic carbocycles. The van der Waals surface area contributed by atoms with Crippen LogP contribution in [0.5, 0.6) is 5.88 Å². The molecule has 8 nitrogen and oxygen atoms in total. The van der Waals surface area contributed by atoms with Crippen LogP contribution in [0.15, 0.2) is 12.1 Å². The van der Waals surface area contributed by atoms with Gasteiger partial charge in [0.05, 0.1) is 24.8 Å². The molecule has 2 aliphatic heterocycles. The summed E-state index contributed by atoms with van der Waals surface area (Å²) in [5.74, 6) is 1.22. The van der Waals surface area contributed by atoms with Gasteiger partial charge in [-0.1, -0.05) is 17.7 Å². The van der Waals surface area contributed by atoms with Crippen molar-refractivity contribution in [1.29, 1.82) is 10.5 Å². The van der Waals surface area contributed by atoms with Crippen LogP contribution in [0.2, 0.25) is 5.15 Å². The van der Waals surface area contributed by atoms with Crippen molar-refractivity contribution in [2.75, 3.05) is 31.6 Å². The van der Waals surface area contributed by atoms with Gasteiger partial charge >= 0.3 is 0 Å². The smallest absolute Gasteiger partial charge is 0.213 e. The predicted octanol–water partition coefficient (Wildman–Crippen LogP) is 2.97. The molecule has 0 spiro atoms. The van der Waals surface area contributed by atoms with Crippen molar-refractivity contribution in [1.82, 2.24) is 14.9 Å². The second kappa shape index (κ2) is 9.49. The standard InChI is InChI=1S/C22H23ClN6O2/c1-14-15(2-3-20(27-14)31-16-5-9-30-13-16)11-29-8-4-17-19(12-29)18(10-25)21(23)28-22(17)26-7-6-24/h2-3,16H,4-5,7-9,11-13H2,1H3,(H,26,28)/t16-/m0/s1. The molecule has 1 N–H and O–H groups in total. The average molecular weight is 439 g/mol. The number of anilines is 1. The van der Waals surface area contributed by atoms with Crippen LogP contribution in [0.4, 0.5) is 5.82 Å². The first kappa shape index (κ1) is 21.3. The maximum absolute atomic E-state index is 9.61. The first-order valence-corrected chi connectivity index (χ1v) is 10.6. The van der Waals surface area contributed by atoms with Gasteiger partial charge in [0.15, 0.2) is 0 Å². The molecule has 4 heterocycles. The number of aryl methyl sites for hydroxylation is 1. The fourth-order valence-electron chi connectivity index (χ4n) is 3.99. The summed E-state index contributed by atoms with van der Waals surface area (Å²) >= 11 is 6.26. The zero-order valence-corrected chi connectivity index (χ0v) is 18.1. The summed E-state index contributed by atoms with van der Waals surface area (Å²) in [6, 6.07) is 8.20. The second-order valence-corrected chi connectivity index (χ2v) is 8.02. The van der Waals surface area contributed by atoms with Crippen LogP contribution in [0.1, 0.15) is 34.4 Å². The Balaban J connectivity index is 1.50. The molecule has 31 heavy (non-hydrogen) atoms. The number of hydrogen-bond acceptors (Lipinski definition) is 8. The molecule has 160 valence electrons. The Morgan fingerprint density at radius 3 is 2.90 bits per heavy atom. The van der Waals surface area contributed by atoms with Gasteiger partial charge in [0.25, 0.3) is 0 Å². The van der Waals surface area contributed by atoms with E-state index in [1.54, 1.807) is 0 Å². The molecule has 0 amide bonds. The number of nitrogens with one attached hydrogen (secondary N) is 1. The molecule has 1 saturated heterocycles. The van der Waals surface area contributed by atoms with Crippen molar-refractivity contribution >= 4 is 17.4 Å². The van der Waals surface area contributed by atoms with E-state index < -0.39 is 0 Å². The molecule has 2 aliphatic rings. The molecule has 0 unspecified atom stereocenters. The molecule has 0 radical (unpaired) electrons. The summed E-state index contributed by atoms with van der Waals surface area (Å²) in [4.78, 5) is 11.2. The zero-order chi connectivity index (χ0) is 21.8. The number of rotatable bonds is 6. The maximum atomic E-state index is 9.61. The lowest BCUT2D eigenvalue weighted by molar-refractivity contribution is 0.138. The van der Waals surface area contributed by atoms with Crippen molar-refractivity contribution in [2.45, 2.75) is 39.0 Å². The van der Waals surface area contributed by atoms with Crippen molar-refractivity contribution in [2.24, 2.45) is 0 Å². The third-order valence-corrected chi connectivity index (χ3v) is 5.89. The highest BCUT2D eigenvalue weighted by atomic mass is 35.5. The van der Waals surface area contributed by atoms with Crippen molar-refractivity contribution < 1.29 is 9.47 Å². The van der Waals surface area contributed by atoms with Crippen LogP contribution in [-0.2, 0) is 24.2 Å². The van der Waals surface area contributed by atoms with Gasteiger partial charge in [0.1, 0.15) is 29.7 Å². The highest BCUT2D eigenvalue weighted by Gasteiger charge is 2.26. The fourth-order valence-corrected chi connectivity index (χ4v) is 4.23. The Bertz CT molecular complexity index is 1060. The summed E-state index contributed by atoms with van der Waals surface area (Å²) in [7, 11) is 0. The highest BCUT2D eigenvalue weighted by molar-refractivity contribution is 6.30. The Morgan fingerprint density at radius 2 is 2.19 bits per heavy atom. The quantitative estimate of drug-likeness (QED) is 0.541. The third kappa shape index (κ3) is 4.72. The molecular weight excluding hydrogens is 416 g/mol. The summed E-state index contributed by atoms with van der Waals surface area (Å²) in [6.07, 6.45) is 1.68.